The summed E-state index contributed by atoms with van der Waals surface area (Å²) in [4.78, 5) is 14.5. The zero-order chi connectivity index (χ0) is 22.2. The minimum atomic E-state index is -3.84. The van der Waals surface area contributed by atoms with Gasteiger partial charge in [-0.05, 0) is 70.7 Å². The number of phenolic OH excluding ortho intramolecular Hbond substituents is 1. The highest BCUT2D eigenvalue weighted by atomic mass is 35.5. The Balaban J connectivity index is 1.48. The van der Waals surface area contributed by atoms with Gasteiger partial charge >= 0.3 is 6.03 Å². The maximum Gasteiger partial charge on any atom is 0.319 e. The molecule has 2 amide bonds. The molecule has 0 aromatic heterocycles. The Kier molecular flexibility index (Phi) is 6.51. The van der Waals surface area contributed by atoms with E-state index in [0.717, 1.165) is 31.5 Å². The van der Waals surface area contributed by atoms with Crippen LogP contribution in [0.2, 0.25) is 5.02 Å². The zero-order valence-electron chi connectivity index (χ0n) is 17.7. The van der Waals surface area contributed by atoms with E-state index < -0.39 is 26.9 Å². The summed E-state index contributed by atoms with van der Waals surface area (Å²) in [5.74, 6) is -0.497. The van der Waals surface area contributed by atoms with Crippen LogP contribution in [0.5, 0.6) is 5.75 Å². The molecule has 0 bridgehead atoms. The van der Waals surface area contributed by atoms with Crippen LogP contribution in [-0.2, 0) is 9.84 Å². The Morgan fingerprint density at radius 3 is 2.45 bits per heavy atom. The number of anilines is 1. The molecule has 9 heteroatoms. The van der Waals surface area contributed by atoms with Gasteiger partial charge in [0.05, 0.1) is 22.0 Å². The van der Waals surface area contributed by atoms with Crippen molar-refractivity contribution in [2.45, 2.75) is 74.1 Å². The molecule has 1 saturated carbocycles. The number of likely N-dealkylation sites (tertiary alicyclic amines) is 1. The number of nitrogens with one attached hydrogen (secondary N) is 2. The summed E-state index contributed by atoms with van der Waals surface area (Å²) in [6.07, 6.45) is 8.46. The van der Waals surface area contributed by atoms with Gasteiger partial charge in [0.1, 0.15) is 4.90 Å². The number of hydrogen-bond donors (Lipinski definition) is 3. The second-order valence-corrected chi connectivity index (χ2v) is 11.4. The van der Waals surface area contributed by atoms with Crippen molar-refractivity contribution in [3.05, 3.63) is 28.8 Å². The van der Waals surface area contributed by atoms with Crippen molar-refractivity contribution in [1.82, 2.24) is 10.2 Å². The van der Waals surface area contributed by atoms with Crippen LogP contribution in [0.25, 0.3) is 0 Å². The van der Waals surface area contributed by atoms with Gasteiger partial charge < -0.3 is 20.6 Å². The lowest BCUT2D eigenvalue weighted by Gasteiger charge is -2.41. The standard InChI is InChI=1S/C22H30ClN3O4S/c1-14-4-2-7-18(14)24-22(28)25-19-9-8-17(23)21(20(19)27)31(29,30)16-10-12-26(13-11-16)15-5-3-6-15/h4,8-9,15-16,18,27H,2-3,5-7,10-13H2,1H3,(H2,24,25,28). The van der Waals surface area contributed by atoms with E-state index in [1.165, 1.54) is 31.4 Å². The van der Waals surface area contributed by atoms with Gasteiger partial charge in [-0.2, -0.15) is 0 Å². The molecule has 1 heterocycles. The fourth-order valence-electron chi connectivity index (χ4n) is 4.74. The first kappa shape index (κ1) is 22.4. The second-order valence-electron chi connectivity index (χ2n) is 8.81. The Labute approximate surface area is 188 Å². The highest BCUT2D eigenvalue weighted by Gasteiger charge is 2.37. The fraction of sp³-hybridized carbons (Fsp3) is 0.591. The molecule has 3 aliphatic rings. The monoisotopic (exact) mass is 467 g/mol. The lowest BCUT2D eigenvalue weighted by Crippen LogP contribution is -2.47. The van der Waals surface area contributed by atoms with Crippen LogP contribution >= 0.6 is 11.6 Å². The minimum absolute atomic E-state index is 0.0283. The molecule has 1 aromatic rings. The summed E-state index contributed by atoms with van der Waals surface area (Å²) in [5.41, 5.74) is 1.12. The van der Waals surface area contributed by atoms with E-state index in [9.17, 15) is 18.3 Å². The second kappa shape index (κ2) is 9.00. The Hall–Kier alpha value is -1.77. The topological polar surface area (TPSA) is 98.7 Å². The van der Waals surface area contributed by atoms with Gasteiger partial charge in [-0.25, -0.2) is 13.2 Å². The molecule has 1 aliphatic heterocycles. The van der Waals surface area contributed by atoms with E-state index >= 15 is 0 Å². The maximum atomic E-state index is 13.3. The molecule has 4 rings (SSSR count). The van der Waals surface area contributed by atoms with Crippen LogP contribution in [0.4, 0.5) is 10.5 Å². The van der Waals surface area contributed by atoms with Gasteiger partial charge in [0.15, 0.2) is 15.6 Å². The third-order valence-electron chi connectivity index (χ3n) is 6.90. The summed E-state index contributed by atoms with van der Waals surface area (Å²) in [6.45, 7) is 3.43. The van der Waals surface area contributed by atoms with Crippen molar-refractivity contribution in [2.75, 3.05) is 18.4 Å². The van der Waals surface area contributed by atoms with Crippen LogP contribution in [-0.4, -0.2) is 54.9 Å². The van der Waals surface area contributed by atoms with Crippen LogP contribution in [0, 0.1) is 0 Å². The van der Waals surface area contributed by atoms with Crippen LogP contribution in [0.15, 0.2) is 28.7 Å². The highest BCUT2D eigenvalue weighted by molar-refractivity contribution is 7.92. The van der Waals surface area contributed by atoms with Crippen molar-refractivity contribution < 1.29 is 18.3 Å². The molecular weight excluding hydrogens is 438 g/mol. The van der Waals surface area contributed by atoms with Crippen molar-refractivity contribution in [3.8, 4) is 5.75 Å². The molecule has 0 spiro atoms. The SMILES string of the molecule is CC1=CCCC1NC(=O)Nc1ccc(Cl)c(S(=O)(=O)C2CCN(C3CCC3)CC2)c1O. The summed E-state index contributed by atoms with van der Waals surface area (Å²) >= 11 is 6.22. The summed E-state index contributed by atoms with van der Waals surface area (Å²) in [7, 11) is -3.84. The number of sulfone groups is 1. The molecule has 31 heavy (non-hydrogen) atoms. The number of piperidine rings is 1. The van der Waals surface area contributed by atoms with Crippen LogP contribution in [0.3, 0.4) is 0 Å². The number of allylic oxidation sites excluding steroid dienone is 1. The Morgan fingerprint density at radius 1 is 1.16 bits per heavy atom. The summed E-state index contributed by atoms with van der Waals surface area (Å²) in [6, 6.07) is 2.87. The smallest absolute Gasteiger partial charge is 0.319 e. The molecule has 1 aromatic carbocycles. The van der Waals surface area contributed by atoms with E-state index in [0.29, 0.717) is 18.9 Å². The normalized spacial score (nSPS) is 23.3. The number of rotatable bonds is 5. The number of phenols is 1. The Bertz CT molecular complexity index is 983. The predicted octanol–water partition coefficient (Wildman–Crippen LogP) is 4.07. The van der Waals surface area contributed by atoms with E-state index in [4.69, 9.17) is 11.6 Å². The molecule has 7 nitrogen and oxygen atoms in total. The first-order valence-corrected chi connectivity index (χ1v) is 12.9. The van der Waals surface area contributed by atoms with Gasteiger partial charge in [0.2, 0.25) is 0 Å². The van der Waals surface area contributed by atoms with Gasteiger partial charge in [-0.15, -0.1) is 0 Å². The van der Waals surface area contributed by atoms with Gasteiger partial charge in [-0.1, -0.05) is 29.7 Å². The third-order valence-corrected chi connectivity index (χ3v) is 9.66. The average molecular weight is 468 g/mol. The fourth-order valence-corrected chi connectivity index (χ4v) is 7.10. The van der Waals surface area contributed by atoms with Crippen LogP contribution < -0.4 is 10.6 Å². The largest absolute Gasteiger partial charge is 0.504 e. The predicted molar refractivity (Wildman–Crippen MR) is 121 cm³/mol. The van der Waals surface area contributed by atoms with Crippen molar-refractivity contribution in [1.29, 1.82) is 0 Å². The molecule has 170 valence electrons. The molecule has 2 aliphatic carbocycles. The molecular formula is C22H30ClN3O4S. The van der Waals surface area contributed by atoms with Gasteiger partial charge in [0.25, 0.3) is 0 Å². The van der Waals surface area contributed by atoms with E-state index in [2.05, 4.69) is 21.6 Å². The molecule has 3 N–H and O–H groups in total. The number of carbonyl (C=O) groups is 1. The molecule has 1 atom stereocenters. The number of amides is 2. The first-order valence-electron chi connectivity index (χ1n) is 11.0. The van der Waals surface area contributed by atoms with Crippen molar-refractivity contribution >= 4 is 33.2 Å². The lowest BCUT2D eigenvalue weighted by molar-refractivity contribution is 0.106. The number of urea groups is 1. The highest BCUT2D eigenvalue weighted by Crippen LogP contribution is 2.41. The molecule has 0 radical (unpaired) electrons. The number of halogens is 1. The number of benzene rings is 1. The minimum Gasteiger partial charge on any atom is -0.504 e. The quantitative estimate of drug-likeness (QED) is 0.448. The maximum absolute atomic E-state index is 13.3. The summed E-state index contributed by atoms with van der Waals surface area (Å²) < 4.78 is 26.7. The number of aromatic hydroxyl groups is 1. The van der Waals surface area contributed by atoms with Crippen molar-refractivity contribution in [2.24, 2.45) is 0 Å². The Morgan fingerprint density at radius 2 is 1.87 bits per heavy atom. The summed E-state index contributed by atoms with van der Waals surface area (Å²) in [5, 5.41) is 15.6. The van der Waals surface area contributed by atoms with E-state index in [1.54, 1.807) is 0 Å². The number of carbonyl (C=O) groups excluding carboxylic acids is 1. The van der Waals surface area contributed by atoms with Crippen LogP contribution in [0.1, 0.15) is 51.9 Å². The number of hydrogen-bond acceptors (Lipinski definition) is 5. The van der Waals surface area contributed by atoms with Gasteiger partial charge in [0, 0.05) is 6.04 Å². The van der Waals surface area contributed by atoms with Gasteiger partial charge in [-0.3, -0.25) is 0 Å². The molecule has 2 fully saturated rings. The zero-order valence-corrected chi connectivity index (χ0v) is 19.3. The average Bonchev–Trinajstić information content (AvgIpc) is 3.07. The van der Waals surface area contributed by atoms with Crippen molar-refractivity contribution in [3.63, 3.8) is 0 Å². The van der Waals surface area contributed by atoms with E-state index in [1.807, 2.05) is 6.92 Å². The molecule has 1 saturated heterocycles. The van der Waals surface area contributed by atoms with E-state index in [-0.39, 0.29) is 21.6 Å². The lowest BCUT2D eigenvalue weighted by atomic mass is 9.90. The molecule has 1 unspecified atom stereocenters. The number of nitrogens with zero attached hydrogens (tertiary/aromatic N) is 1. The third kappa shape index (κ3) is 4.56. The first-order chi connectivity index (χ1) is 14.8.